The molecule has 1 aromatic heterocycles. The molecule has 0 aliphatic rings. The van der Waals surface area contributed by atoms with E-state index in [1.165, 1.54) is 23.1 Å². The Morgan fingerprint density at radius 3 is 2.62 bits per heavy atom. The summed E-state index contributed by atoms with van der Waals surface area (Å²) in [5.41, 5.74) is 1.13. The molecule has 1 N–H and O–H groups in total. The lowest BCUT2D eigenvalue weighted by Crippen LogP contribution is -2.05. The monoisotopic (exact) mass is 303 g/mol. The summed E-state index contributed by atoms with van der Waals surface area (Å²) in [6.07, 6.45) is 0.214. The fourth-order valence-corrected chi connectivity index (χ4v) is 2.13. The van der Waals surface area contributed by atoms with E-state index in [0.717, 1.165) is 11.8 Å². The van der Waals surface area contributed by atoms with E-state index >= 15 is 0 Å². The minimum atomic E-state index is -1.19. The first-order chi connectivity index (χ1) is 10.1. The van der Waals surface area contributed by atoms with Crippen LogP contribution < -0.4 is 0 Å². The van der Waals surface area contributed by atoms with Gasteiger partial charge in [-0.25, -0.2) is 4.39 Å². The van der Waals surface area contributed by atoms with Gasteiger partial charge >= 0.3 is 0 Å². The van der Waals surface area contributed by atoms with Crippen molar-refractivity contribution in [1.29, 1.82) is 0 Å². The summed E-state index contributed by atoms with van der Waals surface area (Å²) in [4.78, 5) is 1.38. The van der Waals surface area contributed by atoms with Gasteiger partial charge in [0, 0.05) is 10.6 Å². The quantitative estimate of drug-likeness (QED) is 0.808. The maximum absolute atomic E-state index is 13.8. The van der Waals surface area contributed by atoms with Crippen LogP contribution in [0.1, 0.15) is 17.4 Å². The van der Waals surface area contributed by atoms with Crippen LogP contribution in [0.25, 0.3) is 5.69 Å². The van der Waals surface area contributed by atoms with Gasteiger partial charge in [0.15, 0.2) is 0 Å². The van der Waals surface area contributed by atoms with E-state index in [9.17, 15) is 9.50 Å². The first kappa shape index (κ1) is 13.7. The number of aromatic nitrogens is 3. The highest BCUT2D eigenvalue weighted by Gasteiger charge is 2.18. The van der Waals surface area contributed by atoms with Crippen LogP contribution in [0.3, 0.4) is 0 Å². The van der Waals surface area contributed by atoms with E-state index in [1.807, 2.05) is 30.3 Å². The number of rotatable bonds is 3. The lowest BCUT2D eigenvalue weighted by atomic mass is 10.1. The van der Waals surface area contributed by atoms with Gasteiger partial charge in [0.25, 0.3) is 0 Å². The highest BCUT2D eigenvalue weighted by molar-refractivity contribution is 6.30. The molecule has 0 aliphatic heterocycles. The molecule has 3 aromatic rings. The third kappa shape index (κ3) is 2.79. The van der Waals surface area contributed by atoms with Crippen molar-refractivity contribution in [3.05, 3.63) is 76.8 Å². The van der Waals surface area contributed by atoms with Crippen LogP contribution in [-0.4, -0.2) is 20.1 Å². The summed E-state index contributed by atoms with van der Waals surface area (Å²) >= 11 is 5.70. The molecular weight excluding hydrogens is 293 g/mol. The highest BCUT2D eigenvalue weighted by Crippen LogP contribution is 2.25. The Labute approximate surface area is 125 Å². The fraction of sp³-hybridized carbons (Fsp3) is 0.0667. The number of aliphatic hydroxyl groups is 1. The van der Waals surface area contributed by atoms with Gasteiger partial charge in [-0.1, -0.05) is 35.9 Å². The Morgan fingerprint density at radius 2 is 1.90 bits per heavy atom. The third-order valence-corrected chi connectivity index (χ3v) is 3.27. The zero-order valence-electron chi connectivity index (χ0n) is 10.8. The average Bonchev–Trinajstić information content (AvgIpc) is 2.97. The van der Waals surface area contributed by atoms with Crippen molar-refractivity contribution in [2.24, 2.45) is 0 Å². The van der Waals surface area contributed by atoms with Gasteiger partial charge in [-0.2, -0.15) is 15.0 Å². The maximum Gasteiger partial charge on any atom is 0.130 e. The molecule has 0 radical (unpaired) electrons. The molecule has 6 heteroatoms. The second-order valence-corrected chi connectivity index (χ2v) is 4.90. The molecule has 21 heavy (non-hydrogen) atoms. The van der Waals surface area contributed by atoms with Crippen LogP contribution in [0.5, 0.6) is 0 Å². The molecule has 0 bridgehead atoms. The molecule has 0 amide bonds. The molecule has 1 heterocycles. The number of nitrogens with zero attached hydrogens (tertiary/aromatic N) is 3. The van der Waals surface area contributed by atoms with Crippen molar-refractivity contribution in [3.63, 3.8) is 0 Å². The second kappa shape index (κ2) is 5.63. The molecule has 106 valence electrons. The lowest BCUT2D eigenvalue weighted by molar-refractivity contribution is 0.209. The third-order valence-electron chi connectivity index (χ3n) is 3.03. The van der Waals surface area contributed by atoms with Crippen LogP contribution >= 0.6 is 11.6 Å². The highest BCUT2D eigenvalue weighted by atomic mass is 35.5. The SMILES string of the molecule is OC(c1cnn(-c2ccccc2)n1)c1ccc(Cl)cc1F. The van der Waals surface area contributed by atoms with Crippen molar-refractivity contribution < 1.29 is 9.50 Å². The van der Waals surface area contributed by atoms with Crippen molar-refractivity contribution in [2.45, 2.75) is 6.10 Å². The molecule has 0 spiro atoms. The molecule has 3 rings (SSSR count). The van der Waals surface area contributed by atoms with Gasteiger partial charge < -0.3 is 5.11 Å². The normalized spacial score (nSPS) is 12.3. The number of benzene rings is 2. The van der Waals surface area contributed by atoms with Gasteiger partial charge in [0.2, 0.25) is 0 Å². The smallest absolute Gasteiger partial charge is 0.130 e. The average molecular weight is 304 g/mol. The van der Waals surface area contributed by atoms with Crippen molar-refractivity contribution >= 4 is 11.6 Å². The Kier molecular flexibility index (Phi) is 3.68. The predicted octanol–water partition coefficient (Wildman–Crippen LogP) is 3.14. The second-order valence-electron chi connectivity index (χ2n) is 4.46. The Balaban J connectivity index is 1.92. The number of para-hydroxylation sites is 1. The minimum Gasteiger partial charge on any atom is -0.382 e. The van der Waals surface area contributed by atoms with Crippen LogP contribution in [0, 0.1) is 5.82 Å². The van der Waals surface area contributed by atoms with Crippen molar-refractivity contribution in [1.82, 2.24) is 15.0 Å². The Morgan fingerprint density at radius 1 is 1.14 bits per heavy atom. The van der Waals surface area contributed by atoms with Crippen LogP contribution in [0.2, 0.25) is 5.02 Å². The standard InChI is InChI=1S/C15H11ClFN3O/c16-10-6-7-12(13(17)8-10)15(21)14-9-18-20(19-14)11-4-2-1-3-5-11/h1-9,15,21H. The number of hydrogen-bond acceptors (Lipinski definition) is 3. The van der Waals surface area contributed by atoms with Gasteiger partial charge in [0.1, 0.15) is 17.6 Å². The predicted molar refractivity (Wildman–Crippen MR) is 76.8 cm³/mol. The number of halogens is 2. The Bertz CT molecular complexity index is 761. The zero-order valence-corrected chi connectivity index (χ0v) is 11.6. The van der Waals surface area contributed by atoms with E-state index in [0.29, 0.717) is 0 Å². The zero-order chi connectivity index (χ0) is 14.8. The van der Waals surface area contributed by atoms with Gasteiger partial charge in [-0.3, -0.25) is 0 Å². The molecular formula is C15H11ClFN3O. The summed E-state index contributed by atoms with van der Waals surface area (Å²) < 4.78 is 13.8. The van der Waals surface area contributed by atoms with Crippen LogP contribution in [0.4, 0.5) is 4.39 Å². The molecule has 0 aliphatic carbocycles. The Hall–Kier alpha value is -2.24. The van der Waals surface area contributed by atoms with E-state index in [4.69, 9.17) is 11.6 Å². The fourth-order valence-electron chi connectivity index (χ4n) is 1.97. The lowest BCUT2D eigenvalue weighted by Gasteiger charge is -2.09. The first-order valence-corrected chi connectivity index (χ1v) is 6.63. The molecule has 0 saturated carbocycles. The summed E-state index contributed by atoms with van der Waals surface area (Å²) in [5.74, 6) is -0.579. The summed E-state index contributed by atoms with van der Waals surface area (Å²) in [5, 5.41) is 18.8. The van der Waals surface area contributed by atoms with E-state index < -0.39 is 11.9 Å². The van der Waals surface area contributed by atoms with E-state index in [-0.39, 0.29) is 16.3 Å². The van der Waals surface area contributed by atoms with Crippen molar-refractivity contribution in [2.75, 3.05) is 0 Å². The minimum absolute atomic E-state index is 0.111. The van der Waals surface area contributed by atoms with Crippen LogP contribution in [-0.2, 0) is 0 Å². The molecule has 1 unspecified atom stereocenters. The number of hydrogen-bond donors (Lipinski definition) is 1. The van der Waals surface area contributed by atoms with Crippen molar-refractivity contribution in [3.8, 4) is 5.69 Å². The van der Waals surface area contributed by atoms with Gasteiger partial charge in [-0.15, -0.1) is 0 Å². The van der Waals surface area contributed by atoms with E-state index in [2.05, 4.69) is 10.2 Å². The largest absolute Gasteiger partial charge is 0.382 e. The van der Waals surface area contributed by atoms with Gasteiger partial charge in [0.05, 0.1) is 11.9 Å². The summed E-state index contributed by atoms with van der Waals surface area (Å²) in [6, 6.07) is 13.4. The molecule has 0 saturated heterocycles. The molecule has 4 nitrogen and oxygen atoms in total. The van der Waals surface area contributed by atoms with Gasteiger partial charge in [-0.05, 0) is 24.3 Å². The summed E-state index contributed by atoms with van der Waals surface area (Å²) in [7, 11) is 0. The molecule has 1 atom stereocenters. The van der Waals surface area contributed by atoms with E-state index in [1.54, 1.807) is 0 Å². The summed E-state index contributed by atoms with van der Waals surface area (Å²) in [6.45, 7) is 0. The molecule has 2 aromatic carbocycles. The maximum atomic E-state index is 13.8. The first-order valence-electron chi connectivity index (χ1n) is 6.26. The number of aliphatic hydroxyl groups excluding tert-OH is 1. The van der Waals surface area contributed by atoms with Crippen LogP contribution in [0.15, 0.2) is 54.7 Å². The molecule has 0 fully saturated rings. The topological polar surface area (TPSA) is 50.9 Å².